The zero-order valence-corrected chi connectivity index (χ0v) is 13.0. The molecule has 22 heavy (non-hydrogen) atoms. The number of hydrogen-bond donors (Lipinski definition) is 1. The molecule has 2 heterocycles. The van der Waals surface area contributed by atoms with Crippen LogP contribution in [0, 0.1) is 0 Å². The van der Waals surface area contributed by atoms with E-state index in [1.165, 1.54) is 0 Å². The fourth-order valence-corrected chi connectivity index (χ4v) is 2.37. The van der Waals surface area contributed by atoms with E-state index >= 15 is 0 Å². The Morgan fingerprint density at radius 3 is 2.64 bits per heavy atom. The van der Waals surface area contributed by atoms with Gasteiger partial charge in [0.2, 0.25) is 0 Å². The van der Waals surface area contributed by atoms with Crippen LogP contribution in [-0.4, -0.2) is 47.6 Å². The highest BCUT2D eigenvalue weighted by molar-refractivity contribution is 5.94. The highest BCUT2D eigenvalue weighted by atomic mass is 16.6. The van der Waals surface area contributed by atoms with E-state index in [2.05, 4.69) is 17.2 Å². The molecule has 1 aliphatic heterocycles. The molecule has 0 unspecified atom stereocenters. The summed E-state index contributed by atoms with van der Waals surface area (Å²) in [6.07, 6.45) is 6.36. The number of nitrogens with one attached hydrogen (secondary N) is 1. The monoisotopic (exact) mass is 305 g/mol. The van der Waals surface area contributed by atoms with E-state index in [-0.39, 0.29) is 18.0 Å². The van der Waals surface area contributed by atoms with Crippen molar-refractivity contribution in [3.63, 3.8) is 0 Å². The van der Waals surface area contributed by atoms with E-state index < -0.39 is 0 Å². The number of amides is 2. The molecule has 0 atom stereocenters. The van der Waals surface area contributed by atoms with Crippen LogP contribution in [0.3, 0.4) is 0 Å². The van der Waals surface area contributed by atoms with Crippen LogP contribution in [0.15, 0.2) is 24.5 Å². The summed E-state index contributed by atoms with van der Waals surface area (Å²) in [5, 5.41) is 3.00. The Kier molecular flexibility index (Phi) is 6.18. The molecular weight excluding hydrogens is 282 g/mol. The average molecular weight is 305 g/mol. The number of unbranched alkanes of at least 4 members (excludes halogenated alkanes) is 1. The predicted octanol–water partition coefficient (Wildman–Crippen LogP) is 2.21. The smallest absolute Gasteiger partial charge is 0.409 e. The van der Waals surface area contributed by atoms with E-state index in [1.807, 2.05) is 0 Å². The van der Waals surface area contributed by atoms with Crippen LogP contribution in [0.4, 0.5) is 4.79 Å². The van der Waals surface area contributed by atoms with Gasteiger partial charge in [-0.1, -0.05) is 13.3 Å². The molecule has 1 aromatic heterocycles. The van der Waals surface area contributed by atoms with Gasteiger partial charge in [0, 0.05) is 37.1 Å². The van der Waals surface area contributed by atoms with Gasteiger partial charge in [0.05, 0.1) is 6.61 Å². The Hall–Kier alpha value is -2.11. The van der Waals surface area contributed by atoms with Crippen LogP contribution in [0.25, 0.3) is 0 Å². The summed E-state index contributed by atoms with van der Waals surface area (Å²) >= 11 is 0. The van der Waals surface area contributed by atoms with Gasteiger partial charge in [-0.15, -0.1) is 0 Å². The summed E-state index contributed by atoms with van der Waals surface area (Å²) in [5.41, 5.74) is 0.608. The third kappa shape index (κ3) is 4.72. The molecule has 1 aliphatic rings. The molecule has 1 fully saturated rings. The van der Waals surface area contributed by atoms with Gasteiger partial charge >= 0.3 is 6.09 Å². The summed E-state index contributed by atoms with van der Waals surface area (Å²) < 4.78 is 5.20. The summed E-state index contributed by atoms with van der Waals surface area (Å²) in [6, 6.07) is 3.48. The molecule has 1 N–H and O–H groups in total. The number of carbonyl (C=O) groups is 2. The van der Waals surface area contributed by atoms with E-state index in [0.717, 1.165) is 25.7 Å². The molecule has 120 valence electrons. The van der Waals surface area contributed by atoms with Gasteiger partial charge in [-0.25, -0.2) is 4.79 Å². The topological polar surface area (TPSA) is 71.5 Å². The molecule has 0 aliphatic carbocycles. The second-order valence-corrected chi connectivity index (χ2v) is 5.44. The van der Waals surface area contributed by atoms with Gasteiger partial charge in [-0.2, -0.15) is 0 Å². The van der Waals surface area contributed by atoms with Crippen LogP contribution >= 0.6 is 0 Å². The minimum absolute atomic E-state index is 0.0913. The number of rotatable bonds is 5. The van der Waals surface area contributed by atoms with Gasteiger partial charge in [-0.3, -0.25) is 9.78 Å². The summed E-state index contributed by atoms with van der Waals surface area (Å²) in [5.74, 6) is -0.0913. The number of nitrogens with zero attached hydrogens (tertiary/aromatic N) is 2. The average Bonchev–Trinajstić information content (AvgIpc) is 2.56. The third-order valence-corrected chi connectivity index (χ3v) is 3.75. The Bertz CT molecular complexity index is 485. The van der Waals surface area contributed by atoms with E-state index in [9.17, 15) is 9.59 Å². The first kappa shape index (κ1) is 16.3. The minimum atomic E-state index is -0.243. The Balaban J connectivity index is 1.73. The maximum absolute atomic E-state index is 12.1. The maximum atomic E-state index is 12.1. The largest absolute Gasteiger partial charge is 0.449 e. The molecule has 2 amide bonds. The molecule has 0 bridgehead atoms. The van der Waals surface area contributed by atoms with Gasteiger partial charge in [0.1, 0.15) is 0 Å². The summed E-state index contributed by atoms with van der Waals surface area (Å²) in [7, 11) is 0. The van der Waals surface area contributed by atoms with Crippen LogP contribution in [0.1, 0.15) is 43.0 Å². The fourth-order valence-electron chi connectivity index (χ4n) is 2.37. The molecule has 1 saturated heterocycles. The highest BCUT2D eigenvalue weighted by Gasteiger charge is 2.24. The minimum Gasteiger partial charge on any atom is -0.449 e. The predicted molar refractivity (Wildman–Crippen MR) is 82.6 cm³/mol. The number of ether oxygens (including phenoxy) is 1. The number of hydrogen-bond acceptors (Lipinski definition) is 4. The van der Waals surface area contributed by atoms with Crippen LogP contribution in [-0.2, 0) is 4.74 Å². The zero-order chi connectivity index (χ0) is 15.8. The van der Waals surface area contributed by atoms with Crippen molar-refractivity contribution in [3.05, 3.63) is 30.1 Å². The molecule has 1 aromatic rings. The summed E-state index contributed by atoms with van der Waals surface area (Å²) in [4.78, 5) is 29.5. The van der Waals surface area contributed by atoms with E-state index in [0.29, 0.717) is 25.3 Å². The molecule has 0 saturated carbocycles. The summed E-state index contributed by atoms with van der Waals surface area (Å²) in [6.45, 7) is 3.78. The van der Waals surface area contributed by atoms with Crippen molar-refractivity contribution in [3.8, 4) is 0 Å². The molecule has 6 nitrogen and oxygen atoms in total. The van der Waals surface area contributed by atoms with E-state index in [4.69, 9.17) is 4.74 Å². The standard InChI is InChI=1S/C16H23N3O3/c1-2-3-12-22-16(21)19-10-6-14(7-11-19)18-15(20)13-4-8-17-9-5-13/h4-5,8-9,14H,2-3,6-7,10-12H2,1H3,(H,18,20). The van der Waals surface area contributed by atoms with Crippen LogP contribution < -0.4 is 5.32 Å². The Labute approximate surface area is 130 Å². The van der Waals surface area contributed by atoms with Gasteiger partial charge < -0.3 is 15.0 Å². The molecule has 6 heteroatoms. The highest BCUT2D eigenvalue weighted by Crippen LogP contribution is 2.12. The lowest BCUT2D eigenvalue weighted by Gasteiger charge is -2.31. The SMILES string of the molecule is CCCCOC(=O)N1CCC(NC(=O)c2ccncc2)CC1. The number of pyridine rings is 1. The van der Waals surface area contributed by atoms with Gasteiger partial charge in [0.15, 0.2) is 0 Å². The van der Waals surface area contributed by atoms with Crippen molar-refractivity contribution < 1.29 is 14.3 Å². The zero-order valence-electron chi connectivity index (χ0n) is 13.0. The molecule has 0 aromatic carbocycles. The van der Waals surface area contributed by atoms with Crippen molar-refractivity contribution in [2.75, 3.05) is 19.7 Å². The lowest BCUT2D eigenvalue weighted by atomic mass is 10.0. The van der Waals surface area contributed by atoms with Crippen LogP contribution in [0.5, 0.6) is 0 Å². The van der Waals surface area contributed by atoms with Crippen molar-refractivity contribution in [1.29, 1.82) is 0 Å². The van der Waals surface area contributed by atoms with E-state index in [1.54, 1.807) is 29.4 Å². The second kappa shape index (κ2) is 8.36. The van der Waals surface area contributed by atoms with Crippen LogP contribution in [0.2, 0.25) is 0 Å². The maximum Gasteiger partial charge on any atom is 0.409 e. The number of carbonyl (C=O) groups excluding carboxylic acids is 2. The van der Waals surface area contributed by atoms with Gasteiger partial charge in [0.25, 0.3) is 5.91 Å². The number of likely N-dealkylation sites (tertiary alicyclic amines) is 1. The molecule has 0 spiro atoms. The van der Waals surface area contributed by atoms with Crippen molar-refractivity contribution in [1.82, 2.24) is 15.2 Å². The first-order valence-corrected chi connectivity index (χ1v) is 7.83. The Morgan fingerprint density at radius 1 is 1.32 bits per heavy atom. The number of aromatic nitrogens is 1. The molecular formula is C16H23N3O3. The quantitative estimate of drug-likeness (QED) is 0.847. The fraction of sp³-hybridized carbons (Fsp3) is 0.562. The third-order valence-electron chi connectivity index (χ3n) is 3.75. The molecule has 0 radical (unpaired) electrons. The lowest BCUT2D eigenvalue weighted by molar-refractivity contribution is 0.0836. The van der Waals surface area contributed by atoms with Crippen molar-refractivity contribution >= 4 is 12.0 Å². The Morgan fingerprint density at radius 2 is 2.00 bits per heavy atom. The van der Waals surface area contributed by atoms with Crippen molar-refractivity contribution in [2.45, 2.75) is 38.6 Å². The lowest BCUT2D eigenvalue weighted by Crippen LogP contribution is -2.46. The number of piperidine rings is 1. The normalized spacial score (nSPS) is 15.4. The second-order valence-electron chi connectivity index (χ2n) is 5.44. The first-order valence-electron chi connectivity index (χ1n) is 7.83. The molecule has 2 rings (SSSR count). The van der Waals surface area contributed by atoms with Gasteiger partial charge in [-0.05, 0) is 31.4 Å². The van der Waals surface area contributed by atoms with Crippen molar-refractivity contribution in [2.24, 2.45) is 0 Å². The first-order chi connectivity index (χ1) is 10.7.